The van der Waals surface area contributed by atoms with Crippen molar-refractivity contribution in [2.45, 2.75) is 25.6 Å². The SMILES string of the molecule is N#Cc1cc(F)cc(COc2ccc3c(c2)CC[C@H]3O)c1. The van der Waals surface area contributed by atoms with E-state index in [0.717, 1.165) is 24.0 Å². The average molecular weight is 283 g/mol. The van der Waals surface area contributed by atoms with Crippen molar-refractivity contribution in [3.8, 4) is 11.8 Å². The van der Waals surface area contributed by atoms with E-state index >= 15 is 0 Å². The summed E-state index contributed by atoms with van der Waals surface area (Å²) >= 11 is 0. The topological polar surface area (TPSA) is 53.2 Å². The molecule has 2 aromatic carbocycles. The monoisotopic (exact) mass is 283 g/mol. The Kier molecular flexibility index (Phi) is 3.59. The second kappa shape index (κ2) is 5.55. The van der Waals surface area contributed by atoms with Gasteiger partial charge in [-0.2, -0.15) is 5.26 Å². The van der Waals surface area contributed by atoms with E-state index in [-0.39, 0.29) is 18.3 Å². The van der Waals surface area contributed by atoms with E-state index in [9.17, 15) is 9.50 Å². The number of nitrogens with zero attached hydrogens (tertiary/aromatic N) is 1. The lowest BCUT2D eigenvalue weighted by Gasteiger charge is -2.09. The van der Waals surface area contributed by atoms with Gasteiger partial charge in [0.05, 0.1) is 17.7 Å². The summed E-state index contributed by atoms with van der Waals surface area (Å²) in [6.45, 7) is 0.202. The third kappa shape index (κ3) is 2.88. The Bertz CT molecular complexity index is 721. The summed E-state index contributed by atoms with van der Waals surface area (Å²) < 4.78 is 19.0. The fourth-order valence-corrected chi connectivity index (χ4v) is 2.63. The summed E-state index contributed by atoms with van der Waals surface area (Å²) in [7, 11) is 0. The largest absolute Gasteiger partial charge is 0.489 e. The molecule has 106 valence electrons. The van der Waals surface area contributed by atoms with Gasteiger partial charge in [0, 0.05) is 0 Å². The third-order valence-corrected chi connectivity index (χ3v) is 3.65. The van der Waals surface area contributed by atoms with Crippen LogP contribution in [0.4, 0.5) is 4.39 Å². The first-order valence-corrected chi connectivity index (χ1v) is 6.79. The maximum Gasteiger partial charge on any atom is 0.124 e. The van der Waals surface area contributed by atoms with E-state index in [1.807, 2.05) is 18.2 Å². The molecule has 1 atom stereocenters. The molecule has 0 unspecified atom stereocenters. The number of hydrogen-bond acceptors (Lipinski definition) is 3. The van der Waals surface area contributed by atoms with Gasteiger partial charge in [-0.3, -0.25) is 0 Å². The first-order chi connectivity index (χ1) is 10.2. The van der Waals surface area contributed by atoms with E-state index in [0.29, 0.717) is 11.3 Å². The first kappa shape index (κ1) is 13.6. The van der Waals surface area contributed by atoms with E-state index < -0.39 is 5.82 Å². The zero-order valence-electron chi connectivity index (χ0n) is 11.3. The van der Waals surface area contributed by atoms with E-state index in [4.69, 9.17) is 10.00 Å². The van der Waals surface area contributed by atoms with E-state index in [1.54, 1.807) is 12.1 Å². The number of hydrogen-bond donors (Lipinski definition) is 1. The molecular weight excluding hydrogens is 269 g/mol. The van der Waals surface area contributed by atoms with Gasteiger partial charge in [0.15, 0.2) is 0 Å². The molecule has 2 aromatic rings. The molecule has 1 aliphatic carbocycles. The lowest BCUT2D eigenvalue weighted by Crippen LogP contribution is -1.98. The fraction of sp³-hybridized carbons (Fsp3) is 0.235. The Hall–Kier alpha value is -2.38. The van der Waals surface area contributed by atoms with Crippen molar-refractivity contribution < 1.29 is 14.2 Å². The van der Waals surface area contributed by atoms with Crippen molar-refractivity contribution in [2.75, 3.05) is 0 Å². The Balaban J connectivity index is 1.74. The molecule has 3 rings (SSSR count). The van der Waals surface area contributed by atoms with Gasteiger partial charge >= 0.3 is 0 Å². The van der Waals surface area contributed by atoms with Crippen molar-refractivity contribution in [3.63, 3.8) is 0 Å². The fourth-order valence-electron chi connectivity index (χ4n) is 2.63. The predicted octanol–water partition coefficient (Wildman–Crippen LogP) is 3.26. The Morgan fingerprint density at radius 2 is 2.14 bits per heavy atom. The van der Waals surface area contributed by atoms with Crippen molar-refractivity contribution in [2.24, 2.45) is 0 Å². The van der Waals surface area contributed by atoms with Crippen LogP contribution in [0.1, 0.15) is 34.8 Å². The normalized spacial score (nSPS) is 16.3. The molecule has 0 bridgehead atoms. The quantitative estimate of drug-likeness (QED) is 0.940. The van der Waals surface area contributed by atoms with Gasteiger partial charge in [-0.15, -0.1) is 0 Å². The number of aliphatic hydroxyl groups is 1. The van der Waals surface area contributed by atoms with Crippen LogP contribution < -0.4 is 4.74 Å². The van der Waals surface area contributed by atoms with Crippen LogP contribution in [0.5, 0.6) is 5.75 Å². The summed E-state index contributed by atoms with van der Waals surface area (Å²) in [4.78, 5) is 0. The zero-order valence-corrected chi connectivity index (χ0v) is 11.3. The minimum absolute atomic E-state index is 0.202. The minimum Gasteiger partial charge on any atom is -0.489 e. The third-order valence-electron chi connectivity index (χ3n) is 3.65. The second-order valence-corrected chi connectivity index (χ2v) is 5.16. The van der Waals surface area contributed by atoms with Crippen LogP contribution in [0.3, 0.4) is 0 Å². The maximum atomic E-state index is 13.3. The van der Waals surface area contributed by atoms with Crippen LogP contribution in [0, 0.1) is 17.1 Å². The number of nitriles is 1. The number of fused-ring (bicyclic) bond motifs is 1. The van der Waals surface area contributed by atoms with E-state index in [2.05, 4.69) is 0 Å². The van der Waals surface area contributed by atoms with Crippen molar-refractivity contribution >= 4 is 0 Å². The molecule has 0 aromatic heterocycles. The molecule has 1 N–H and O–H groups in total. The van der Waals surface area contributed by atoms with Gasteiger partial charge in [0.1, 0.15) is 18.2 Å². The van der Waals surface area contributed by atoms with Crippen molar-refractivity contribution in [1.82, 2.24) is 0 Å². The van der Waals surface area contributed by atoms with Crippen LogP contribution in [0.15, 0.2) is 36.4 Å². The van der Waals surface area contributed by atoms with E-state index in [1.165, 1.54) is 12.1 Å². The van der Waals surface area contributed by atoms with Crippen molar-refractivity contribution in [3.05, 3.63) is 64.5 Å². The standard InChI is InChI=1S/C17H14FNO2/c18-14-6-11(9-19)5-12(7-14)10-21-15-2-3-16-13(8-15)1-4-17(16)20/h2-3,5-8,17,20H,1,4,10H2/t17-/m1/s1. The smallest absolute Gasteiger partial charge is 0.124 e. The summed E-state index contributed by atoms with van der Waals surface area (Å²) in [5.41, 5.74) is 2.95. The molecule has 0 radical (unpaired) electrons. The summed E-state index contributed by atoms with van der Waals surface area (Å²) in [6, 6.07) is 11.7. The van der Waals surface area contributed by atoms with Crippen LogP contribution in [-0.4, -0.2) is 5.11 Å². The van der Waals surface area contributed by atoms with Gasteiger partial charge in [-0.05, 0) is 59.9 Å². The molecule has 0 amide bonds. The molecular formula is C17H14FNO2. The first-order valence-electron chi connectivity index (χ1n) is 6.79. The highest BCUT2D eigenvalue weighted by molar-refractivity contribution is 5.40. The highest BCUT2D eigenvalue weighted by atomic mass is 19.1. The number of ether oxygens (including phenoxy) is 1. The van der Waals surface area contributed by atoms with Crippen LogP contribution >= 0.6 is 0 Å². The molecule has 0 saturated heterocycles. The molecule has 4 heteroatoms. The average Bonchev–Trinajstić information content (AvgIpc) is 2.85. The number of benzene rings is 2. The minimum atomic E-state index is -0.440. The number of aryl methyl sites for hydroxylation is 1. The molecule has 3 nitrogen and oxygen atoms in total. The van der Waals surface area contributed by atoms with Crippen LogP contribution in [0.2, 0.25) is 0 Å². The van der Waals surface area contributed by atoms with Gasteiger partial charge in [0.2, 0.25) is 0 Å². The molecule has 0 spiro atoms. The molecule has 0 heterocycles. The molecule has 0 fully saturated rings. The summed E-state index contributed by atoms with van der Waals surface area (Å²) in [6.07, 6.45) is 1.20. The number of aliphatic hydroxyl groups excluding tert-OH is 1. The van der Waals surface area contributed by atoms with Crippen LogP contribution in [-0.2, 0) is 13.0 Å². The molecule has 0 aliphatic heterocycles. The number of rotatable bonds is 3. The second-order valence-electron chi connectivity index (χ2n) is 5.16. The predicted molar refractivity (Wildman–Crippen MR) is 75.2 cm³/mol. The number of halogens is 1. The highest BCUT2D eigenvalue weighted by Crippen LogP contribution is 2.33. The van der Waals surface area contributed by atoms with Gasteiger partial charge in [-0.25, -0.2) is 4.39 Å². The highest BCUT2D eigenvalue weighted by Gasteiger charge is 2.20. The molecule has 0 saturated carbocycles. The molecule has 21 heavy (non-hydrogen) atoms. The maximum absolute atomic E-state index is 13.3. The van der Waals surface area contributed by atoms with Gasteiger partial charge in [-0.1, -0.05) is 6.07 Å². The Morgan fingerprint density at radius 1 is 1.29 bits per heavy atom. The lowest BCUT2D eigenvalue weighted by molar-refractivity contribution is 0.180. The van der Waals surface area contributed by atoms with Gasteiger partial charge in [0.25, 0.3) is 0 Å². The lowest BCUT2D eigenvalue weighted by atomic mass is 10.1. The summed E-state index contributed by atoms with van der Waals surface area (Å²) in [5, 5.41) is 18.6. The summed E-state index contributed by atoms with van der Waals surface area (Å²) in [5.74, 6) is 0.246. The zero-order chi connectivity index (χ0) is 14.8. The van der Waals surface area contributed by atoms with Crippen molar-refractivity contribution in [1.29, 1.82) is 5.26 Å². The van der Waals surface area contributed by atoms with Gasteiger partial charge < -0.3 is 9.84 Å². The van der Waals surface area contributed by atoms with Crippen LogP contribution in [0.25, 0.3) is 0 Å². The Labute approximate surface area is 122 Å². The Morgan fingerprint density at radius 3 is 2.95 bits per heavy atom. The molecule has 1 aliphatic rings.